The van der Waals surface area contributed by atoms with Crippen LogP contribution in [0.4, 0.5) is 10.1 Å². The Kier molecular flexibility index (Phi) is 3.74. The lowest BCUT2D eigenvalue weighted by atomic mass is 10.1. The Morgan fingerprint density at radius 1 is 1.50 bits per heavy atom. The molecule has 7 nitrogen and oxygen atoms in total. The molecule has 8 heteroatoms. The van der Waals surface area contributed by atoms with Gasteiger partial charge >= 0.3 is 0 Å². The van der Waals surface area contributed by atoms with Crippen LogP contribution in [-0.4, -0.2) is 16.0 Å². The highest BCUT2D eigenvalue weighted by Crippen LogP contribution is 2.19. The van der Waals surface area contributed by atoms with Crippen LogP contribution in [0.25, 0.3) is 0 Å². The Labute approximate surface area is 112 Å². The Morgan fingerprint density at radius 3 is 2.85 bits per heavy atom. The molecule has 0 aliphatic heterocycles. The number of benzene rings is 1. The minimum atomic E-state index is -0.753. The summed E-state index contributed by atoms with van der Waals surface area (Å²) < 4.78 is 17.9. The molecule has 1 amide bonds. The summed E-state index contributed by atoms with van der Waals surface area (Å²) in [6, 6.07) is 4.31. The van der Waals surface area contributed by atoms with Gasteiger partial charge < -0.3 is 9.84 Å². The van der Waals surface area contributed by atoms with E-state index in [2.05, 4.69) is 10.5 Å². The molecule has 1 N–H and O–H groups in total. The number of nitrogens with one attached hydrogen (secondary N) is 1. The Balaban J connectivity index is 2.16. The molecule has 1 aromatic carbocycles. The number of carbonyl (C=O) groups is 1. The maximum atomic E-state index is 13.1. The predicted octanol–water partition coefficient (Wildman–Crippen LogP) is 1.96. The molecule has 0 atom stereocenters. The fourth-order valence-corrected chi connectivity index (χ4v) is 1.62. The minimum absolute atomic E-state index is 0.0316. The van der Waals surface area contributed by atoms with Crippen molar-refractivity contribution in [3.8, 4) is 0 Å². The smallest absolute Gasteiger partial charge is 0.282 e. The summed E-state index contributed by atoms with van der Waals surface area (Å²) in [5.41, 5.74) is -0.328. The monoisotopic (exact) mass is 279 g/mol. The molecule has 20 heavy (non-hydrogen) atoms. The number of hydrogen-bond donors (Lipinski definition) is 1. The molecule has 0 aliphatic carbocycles. The van der Waals surface area contributed by atoms with Crippen molar-refractivity contribution in [2.75, 3.05) is 0 Å². The van der Waals surface area contributed by atoms with Gasteiger partial charge in [-0.25, -0.2) is 4.39 Å². The molecule has 2 rings (SSSR count). The van der Waals surface area contributed by atoms with Gasteiger partial charge in [-0.05, 0) is 19.1 Å². The highest BCUT2D eigenvalue weighted by Gasteiger charge is 2.20. The van der Waals surface area contributed by atoms with E-state index in [1.165, 1.54) is 0 Å². The lowest BCUT2D eigenvalue weighted by Gasteiger charge is -2.04. The van der Waals surface area contributed by atoms with Crippen LogP contribution in [0, 0.1) is 22.9 Å². The van der Waals surface area contributed by atoms with Crippen LogP contribution >= 0.6 is 0 Å². The fraction of sp³-hybridized carbons (Fsp3) is 0.167. The second-order valence-corrected chi connectivity index (χ2v) is 4.03. The van der Waals surface area contributed by atoms with Gasteiger partial charge in [0.15, 0.2) is 0 Å². The van der Waals surface area contributed by atoms with Crippen LogP contribution in [-0.2, 0) is 6.54 Å². The van der Waals surface area contributed by atoms with Gasteiger partial charge in [0.2, 0.25) is 0 Å². The molecule has 2 aromatic rings. The van der Waals surface area contributed by atoms with Crippen LogP contribution < -0.4 is 5.32 Å². The van der Waals surface area contributed by atoms with Crippen molar-refractivity contribution in [2.24, 2.45) is 0 Å². The molecule has 0 aliphatic rings. The van der Waals surface area contributed by atoms with Crippen LogP contribution in [0.5, 0.6) is 0 Å². The molecule has 0 fully saturated rings. The number of amides is 1. The number of aromatic nitrogens is 1. The number of carbonyl (C=O) groups excluding carboxylic acids is 1. The number of nitro groups is 1. The van der Waals surface area contributed by atoms with Crippen molar-refractivity contribution in [1.29, 1.82) is 0 Å². The molecular weight excluding hydrogens is 269 g/mol. The molecule has 0 bridgehead atoms. The lowest BCUT2D eigenvalue weighted by Crippen LogP contribution is -2.24. The van der Waals surface area contributed by atoms with E-state index < -0.39 is 22.3 Å². The molecular formula is C12H10FN3O4. The van der Waals surface area contributed by atoms with E-state index in [4.69, 9.17) is 4.52 Å². The van der Waals surface area contributed by atoms with Crippen LogP contribution in [0.15, 0.2) is 28.8 Å². The van der Waals surface area contributed by atoms with Crippen molar-refractivity contribution in [2.45, 2.75) is 13.5 Å². The number of rotatable bonds is 4. The van der Waals surface area contributed by atoms with Gasteiger partial charge in [0.1, 0.15) is 22.8 Å². The average molecular weight is 279 g/mol. The van der Waals surface area contributed by atoms with Gasteiger partial charge in [-0.15, -0.1) is 0 Å². The minimum Gasteiger partial charge on any atom is -0.361 e. The number of nitro benzene ring substituents is 1. The molecule has 0 radical (unpaired) electrons. The fourth-order valence-electron chi connectivity index (χ4n) is 1.62. The zero-order chi connectivity index (χ0) is 14.7. The Morgan fingerprint density at radius 2 is 2.25 bits per heavy atom. The first kappa shape index (κ1) is 13.7. The first-order chi connectivity index (χ1) is 9.47. The summed E-state index contributed by atoms with van der Waals surface area (Å²) in [6.07, 6.45) is 0. The normalized spacial score (nSPS) is 10.3. The molecule has 0 unspecified atom stereocenters. The van der Waals surface area contributed by atoms with Crippen molar-refractivity contribution in [3.05, 3.63) is 57.2 Å². The SMILES string of the molecule is Cc1cc(CNC(=O)c2cc(F)ccc2[N+](=O)[O-])no1. The summed E-state index contributed by atoms with van der Waals surface area (Å²) in [5, 5.41) is 16.9. The van der Waals surface area contributed by atoms with E-state index in [1.54, 1.807) is 13.0 Å². The van der Waals surface area contributed by atoms with E-state index in [-0.39, 0.29) is 12.1 Å². The van der Waals surface area contributed by atoms with E-state index in [0.29, 0.717) is 11.5 Å². The first-order valence-corrected chi connectivity index (χ1v) is 5.61. The van der Waals surface area contributed by atoms with Crippen molar-refractivity contribution in [1.82, 2.24) is 10.5 Å². The van der Waals surface area contributed by atoms with Crippen LogP contribution in [0.2, 0.25) is 0 Å². The number of hydrogen-bond acceptors (Lipinski definition) is 5. The molecule has 0 saturated heterocycles. The van der Waals surface area contributed by atoms with Crippen molar-refractivity contribution >= 4 is 11.6 Å². The summed E-state index contributed by atoms with van der Waals surface area (Å²) in [4.78, 5) is 21.9. The van der Waals surface area contributed by atoms with Crippen molar-refractivity contribution in [3.63, 3.8) is 0 Å². The van der Waals surface area contributed by atoms with Crippen LogP contribution in [0.1, 0.15) is 21.8 Å². The van der Waals surface area contributed by atoms with Gasteiger partial charge in [0.05, 0.1) is 11.5 Å². The number of nitrogens with zero attached hydrogens (tertiary/aromatic N) is 2. The summed E-state index contributed by atoms with van der Waals surface area (Å²) >= 11 is 0. The average Bonchev–Trinajstić information content (AvgIpc) is 2.81. The number of aryl methyl sites for hydroxylation is 1. The molecule has 0 saturated carbocycles. The first-order valence-electron chi connectivity index (χ1n) is 5.61. The summed E-state index contributed by atoms with van der Waals surface area (Å²) in [7, 11) is 0. The van der Waals surface area contributed by atoms with E-state index >= 15 is 0 Å². The predicted molar refractivity (Wildman–Crippen MR) is 65.5 cm³/mol. The van der Waals surface area contributed by atoms with Crippen molar-refractivity contribution < 1.29 is 18.6 Å². The molecule has 1 aromatic heterocycles. The Bertz CT molecular complexity index is 668. The summed E-state index contributed by atoms with van der Waals surface area (Å²) in [5.74, 6) is -0.902. The standard InChI is InChI=1S/C12H10FN3O4/c1-7-4-9(15-20-7)6-14-12(17)10-5-8(13)2-3-11(10)16(18)19/h2-5H,6H2,1H3,(H,14,17). The highest BCUT2D eigenvalue weighted by molar-refractivity contribution is 5.98. The molecule has 1 heterocycles. The van der Waals surface area contributed by atoms with E-state index in [1.807, 2.05) is 0 Å². The lowest BCUT2D eigenvalue weighted by molar-refractivity contribution is -0.385. The summed E-state index contributed by atoms with van der Waals surface area (Å²) in [6.45, 7) is 1.72. The zero-order valence-electron chi connectivity index (χ0n) is 10.4. The van der Waals surface area contributed by atoms with Crippen LogP contribution in [0.3, 0.4) is 0 Å². The van der Waals surface area contributed by atoms with Gasteiger partial charge in [-0.2, -0.15) is 0 Å². The van der Waals surface area contributed by atoms with Gasteiger partial charge in [-0.3, -0.25) is 14.9 Å². The van der Waals surface area contributed by atoms with E-state index in [0.717, 1.165) is 18.2 Å². The molecule has 0 spiro atoms. The largest absolute Gasteiger partial charge is 0.361 e. The molecule has 104 valence electrons. The second-order valence-electron chi connectivity index (χ2n) is 4.03. The van der Waals surface area contributed by atoms with Gasteiger partial charge in [0.25, 0.3) is 11.6 Å². The van der Waals surface area contributed by atoms with Gasteiger partial charge in [-0.1, -0.05) is 5.16 Å². The Hall–Kier alpha value is -2.77. The third kappa shape index (κ3) is 2.97. The zero-order valence-corrected chi connectivity index (χ0v) is 10.4. The second kappa shape index (κ2) is 5.47. The third-order valence-corrected chi connectivity index (χ3v) is 2.51. The maximum Gasteiger partial charge on any atom is 0.282 e. The maximum absolute atomic E-state index is 13.1. The quantitative estimate of drug-likeness (QED) is 0.681. The van der Waals surface area contributed by atoms with Gasteiger partial charge in [0, 0.05) is 12.1 Å². The topological polar surface area (TPSA) is 98.3 Å². The third-order valence-electron chi connectivity index (χ3n) is 2.51. The number of halogens is 1. The highest BCUT2D eigenvalue weighted by atomic mass is 19.1. The van der Waals surface area contributed by atoms with E-state index in [9.17, 15) is 19.3 Å².